The van der Waals surface area contributed by atoms with E-state index in [1.165, 1.54) is 11.3 Å². The molecule has 0 saturated heterocycles. The maximum absolute atomic E-state index is 12.3. The molecule has 5 nitrogen and oxygen atoms in total. The van der Waals surface area contributed by atoms with Crippen LogP contribution in [0.15, 0.2) is 40.6 Å². The quantitative estimate of drug-likeness (QED) is 0.553. The van der Waals surface area contributed by atoms with Gasteiger partial charge in [-0.05, 0) is 42.5 Å². The minimum atomic E-state index is -0.108. The highest BCUT2D eigenvalue weighted by molar-refractivity contribution is 7.17. The van der Waals surface area contributed by atoms with E-state index < -0.39 is 0 Å². The molecule has 3 aromatic heterocycles. The van der Waals surface area contributed by atoms with E-state index in [1.54, 1.807) is 18.3 Å². The van der Waals surface area contributed by atoms with Gasteiger partial charge in [0, 0.05) is 34.2 Å². The molecule has 132 valence electrons. The van der Waals surface area contributed by atoms with Crippen LogP contribution in [0.3, 0.4) is 0 Å². The lowest BCUT2D eigenvalue weighted by atomic mass is 9.96. The molecule has 0 aliphatic carbocycles. The monoisotopic (exact) mass is 366 g/mol. The fourth-order valence-corrected chi connectivity index (χ4v) is 3.99. The zero-order valence-corrected chi connectivity index (χ0v) is 15.3. The fourth-order valence-electron chi connectivity index (χ4n) is 3.19. The first kappa shape index (κ1) is 16.6. The molecule has 1 aromatic carbocycles. The Morgan fingerprint density at radius 2 is 2.15 bits per heavy atom. The van der Waals surface area contributed by atoms with E-state index in [0.717, 1.165) is 33.8 Å². The third-order valence-electron chi connectivity index (χ3n) is 4.36. The third kappa shape index (κ3) is 2.63. The van der Waals surface area contributed by atoms with Crippen LogP contribution in [0.4, 0.5) is 0 Å². The maximum atomic E-state index is 12.3. The first-order chi connectivity index (χ1) is 12.6. The maximum Gasteiger partial charge on any atom is 0.266 e. The van der Waals surface area contributed by atoms with E-state index >= 15 is 0 Å². The second kappa shape index (κ2) is 6.46. The van der Waals surface area contributed by atoms with E-state index in [-0.39, 0.29) is 11.3 Å². The largest absolute Gasteiger partial charge is 0.507 e. The van der Waals surface area contributed by atoms with Crippen molar-refractivity contribution in [2.45, 2.75) is 20.3 Å². The van der Waals surface area contributed by atoms with Crippen LogP contribution in [0, 0.1) is 6.92 Å². The molecular weight excluding hydrogens is 348 g/mol. The predicted octanol–water partition coefficient (Wildman–Crippen LogP) is 4.61. The molecule has 0 bridgehead atoms. The number of phenols is 1. The van der Waals surface area contributed by atoms with Gasteiger partial charge < -0.3 is 14.8 Å². The number of nitrogens with one attached hydrogen (secondary N) is 1. The fraction of sp³-hybridized carbons (Fsp3) is 0.200. The number of aromatic nitrogens is 2. The van der Waals surface area contributed by atoms with E-state index in [2.05, 4.69) is 9.97 Å². The molecule has 0 amide bonds. The molecule has 0 aliphatic heterocycles. The molecule has 0 radical (unpaired) electrons. The van der Waals surface area contributed by atoms with E-state index in [9.17, 15) is 9.90 Å². The van der Waals surface area contributed by atoms with Crippen molar-refractivity contribution in [3.63, 3.8) is 0 Å². The summed E-state index contributed by atoms with van der Waals surface area (Å²) in [6.45, 7) is 4.53. The van der Waals surface area contributed by atoms with Gasteiger partial charge in [-0.3, -0.25) is 4.79 Å². The SMILES string of the molecule is CCCOc1ccc(-c2c(O)cc(C)c3[nH]c(=O)c4sccc4c23)cn1. The lowest BCUT2D eigenvalue weighted by Gasteiger charge is -2.13. The van der Waals surface area contributed by atoms with Gasteiger partial charge in [0.25, 0.3) is 5.56 Å². The van der Waals surface area contributed by atoms with Crippen LogP contribution in [0.1, 0.15) is 18.9 Å². The molecule has 4 aromatic rings. The molecule has 0 atom stereocenters. The molecule has 0 saturated carbocycles. The third-order valence-corrected chi connectivity index (χ3v) is 5.28. The summed E-state index contributed by atoms with van der Waals surface area (Å²) < 4.78 is 6.19. The molecule has 0 fully saturated rings. The number of aromatic amines is 1. The van der Waals surface area contributed by atoms with Gasteiger partial charge in [-0.2, -0.15) is 0 Å². The Balaban J connectivity index is 2.00. The Hall–Kier alpha value is -2.86. The molecule has 0 spiro atoms. The van der Waals surface area contributed by atoms with Crippen LogP contribution in [0.5, 0.6) is 11.6 Å². The molecule has 26 heavy (non-hydrogen) atoms. The average Bonchev–Trinajstić information content (AvgIpc) is 3.12. The van der Waals surface area contributed by atoms with Gasteiger partial charge >= 0.3 is 0 Å². The number of hydrogen-bond donors (Lipinski definition) is 2. The summed E-state index contributed by atoms with van der Waals surface area (Å²) in [6.07, 6.45) is 2.61. The number of phenolic OH excluding ortho intramolecular Hbond substituents is 1. The van der Waals surface area contributed by atoms with Crippen molar-refractivity contribution >= 4 is 32.3 Å². The zero-order chi connectivity index (χ0) is 18.3. The second-order valence-electron chi connectivity index (χ2n) is 6.19. The van der Waals surface area contributed by atoms with Crippen molar-refractivity contribution in [2.24, 2.45) is 0 Å². The molecule has 3 heterocycles. The Kier molecular flexibility index (Phi) is 4.12. The first-order valence-corrected chi connectivity index (χ1v) is 9.33. The summed E-state index contributed by atoms with van der Waals surface area (Å²) in [7, 11) is 0. The van der Waals surface area contributed by atoms with Gasteiger partial charge in [0.2, 0.25) is 5.88 Å². The van der Waals surface area contributed by atoms with Crippen molar-refractivity contribution in [3.05, 3.63) is 51.8 Å². The van der Waals surface area contributed by atoms with Gasteiger partial charge in [-0.1, -0.05) is 6.92 Å². The van der Waals surface area contributed by atoms with Crippen molar-refractivity contribution in [1.29, 1.82) is 0 Å². The normalized spacial score (nSPS) is 11.3. The number of aromatic hydroxyl groups is 1. The van der Waals surface area contributed by atoms with Gasteiger partial charge in [-0.15, -0.1) is 11.3 Å². The highest BCUT2D eigenvalue weighted by Crippen LogP contribution is 2.41. The molecule has 0 unspecified atom stereocenters. The van der Waals surface area contributed by atoms with E-state index in [1.807, 2.05) is 31.4 Å². The number of benzene rings is 1. The Morgan fingerprint density at radius 1 is 1.31 bits per heavy atom. The topological polar surface area (TPSA) is 75.2 Å². The zero-order valence-electron chi connectivity index (χ0n) is 14.5. The second-order valence-corrected chi connectivity index (χ2v) is 7.10. The number of nitrogens with zero attached hydrogens (tertiary/aromatic N) is 1. The Bertz CT molecular complexity index is 1160. The van der Waals surface area contributed by atoms with E-state index in [4.69, 9.17) is 4.74 Å². The standard InChI is InChI=1S/C20H18N2O3S/c1-3-7-25-15-5-4-12(10-21-15)16-14(23)9-11(2)18-17(16)13-6-8-26-19(13)20(24)22-18/h4-6,8-10,23H,3,7H2,1-2H3,(H,22,24). The number of H-pyrrole nitrogens is 1. The number of pyridine rings is 2. The smallest absolute Gasteiger partial charge is 0.266 e. The molecule has 0 aliphatic rings. The number of thiophene rings is 1. The highest BCUT2D eigenvalue weighted by atomic mass is 32.1. The van der Waals surface area contributed by atoms with Crippen LogP contribution in [-0.4, -0.2) is 21.7 Å². The van der Waals surface area contributed by atoms with Gasteiger partial charge in [0.05, 0.1) is 12.1 Å². The molecule has 6 heteroatoms. The first-order valence-electron chi connectivity index (χ1n) is 8.45. The summed E-state index contributed by atoms with van der Waals surface area (Å²) in [6, 6.07) is 7.27. The predicted molar refractivity (Wildman–Crippen MR) is 105 cm³/mol. The van der Waals surface area contributed by atoms with E-state index in [0.29, 0.717) is 22.8 Å². The van der Waals surface area contributed by atoms with Crippen molar-refractivity contribution in [3.8, 4) is 22.8 Å². The summed E-state index contributed by atoms with van der Waals surface area (Å²) >= 11 is 1.39. The van der Waals surface area contributed by atoms with Crippen molar-refractivity contribution < 1.29 is 9.84 Å². The average molecular weight is 366 g/mol. The minimum absolute atomic E-state index is 0.108. The number of hydrogen-bond acceptors (Lipinski definition) is 5. The number of fused-ring (bicyclic) bond motifs is 3. The number of rotatable bonds is 4. The summed E-state index contributed by atoms with van der Waals surface area (Å²) in [5, 5.41) is 14.2. The summed E-state index contributed by atoms with van der Waals surface area (Å²) in [4.78, 5) is 19.7. The number of ether oxygens (including phenoxy) is 1. The summed E-state index contributed by atoms with van der Waals surface area (Å²) in [5.74, 6) is 0.721. The van der Waals surface area contributed by atoms with Crippen LogP contribution < -0.4 is 10.3 Å². The van der Waals surface area contributed by atoms with Crippen molar-refractivity contribution in [2.75, 3.05) is 6.61 Å². The Morgan fingerprint density at radius 3 is 2.88 bits per heavy atom. The molecular formula is C20H18N2O3S. The van der Waals surface area contributed by atoms with Crippen LogP contribution >= 0.6 is 11.3 Å². The molecule has 4 rings (SSSR count). The Labute approximate surface area is 153 Å². The number of aryl methyl sites for hydroxylation is 1. The van der Waals surface area contributed by atoms with Gasteiger partial charge in [0.15, 0.2) is 0 Å². The van der Waals surface area contributed by atoms with Crippen LogP contribution in [0.2, 0.25) is 0 Å². The van der Waals surface area contributed by atoms with Crippen LogP contribution in [0.25, 0.3) is 32.1 Å². The highest BCUT2D eigenvalue weighted by Gasteiger charge is 2.17. The van der Waals surface area contributed by atoms with Crippen LogP contribution in [-0.2, 0) is 0 Å². The van der Waals surface area contributed by atoms with Crippen molar-refractivity contribution in [1.82, 2.24) is 9.97 Å². The van der Waals surface area contributed by atoms with Gasteiger partial charge in [-0.25, -0.2) is 4.98 Å². The summed E-state index contributed by atoms with van der Waals surface area (Å²) in [5.41, 5.74) is 2.89. The minimum Gasteiger partial charge on any atom is -0.507 e. The lowest BCUT2D eigenvalue weighted by Crippen LogP contribution is -2.06. The van der Waals surface area contributed by atoms with Gasteiger partial charge in [0.1, 0.15) is 10.4 Å². The molecule has 2 N–H and O–H groups in total. The lowest BCUT2D eigenvalue weighted by molar-refractivity contribution is 0.305.